The van der Waals surface area contributed by atoms with Gasteiger partial charge in [-0.05, 0) is 36.1 Å². The Hall–Kier alpha value is -1.63. The van der Waals surface area contributed by atoms with Gasteiger partial charge in [0.05, 0.1) is 5.52 Å². The van der Waals surface area contributed by atoms with Crippen molar-refractivity contribution in [1.29, 1.82) is 0 Å². The molecule has 16 heavy (non-hydrogen) atoms. The van der Waals surface area contributed by atoms with Gasteiger partial charge in [-0.3, -0.25) is 4.98 Å². The molecule has 2 rings (SSSR count). The normalized spacial score (nSPS) is 11.7. The van der Waals surface area contributed by atoms with Crippen LogP contribution in [0, 0.1) is 5.92 Å². The fraction of sp³-hybridized carbons (Fsp3) is 0.267. The molecule has 0 aliphatic carbocycles. The van der Waals surface area contributed by atoms with Crippen molar-refractivity contribution in [2.45, 2.75) is 20.3 Å². The highest BCUT2D eigenvalue weighted by Crippen LogP contribution is 2.15. The van der Waals surface area contributed by atoms with E-state index in [1.54, 1.807) is 0 Å². The van der Waals surface area contributed by atoms with Crippen molar-refractivity contribution < 1.29 is 0 Å². The quantitative estimate of drug-likeness (QED) is 0.737. The van der Waals surface area contributed by atoms with Crippen molar-refractivity contribution in [2.75, 3.05) is 0 Å². The lowest BCUT2D eigenvalue weighted by Gasteiger charge is -1.99. The second-order valence-electron chi connectivity index (χ2n) is 4.49. The second kappa shape index (κ2) is 4.93. The topological polar surface area (TPSA) is 12.9 Å². The molecule has 2 aromatic rings. The van der Waals surface area contributed by atoms with Crippen molar-refractivity contribution in [3.05, 3.63) is 48.2 Å². The zero-order chi connectivity index (χ0) is 11.4. The average Bonchev–Trinajstić information content (AvgIpc) is 2.28. The van der Waals surface area contributed by atoms with Crippen LogP contribution in [-0.2, 0) is 0 Å². The number of rotatable bonds is 3. The zero-order valence-corrected chi connectivity index (χ0v) is 9.85. The van der Waals surface area contributed by atoms with Gasteiger partial charge in [0.15, 0.2) is 0 Å². The summed E-state index contributed by atoms with van der Waals surface area (Å²) in [6.45, 7) is 4.46. The maximum atomic E-state index is 4.31. The van der Waals surface area contributed by atoms with E-state index in [9.17, 15) is 0 Å². The third-order valence-corrected chi connectivity index (χ3v) is 2.54. The summed E-state index contributed by atoms with van der Waals surface area (Å²) in [7, 11) is 0. The Kier molecular flexibility index (Phi) is 3.35. The molecule has 0 radical (unpaired) electrons. The first-order valence-corrected chi connectivity index (χ1v) is 5.77. The smallest absolute Gasteiger partial charge is 0.0702 e. The monoisotopic (exact) mass is 211 g/mol. The summed E-state index contributed by atoms with van der Waals surface area (Å²) in [6.07, 6.45) is 7.39. The first-order chi connectivity index (χ1) is 7.75. The van der Waals surface area contributed by atoms with Crippen molar-refractivity contribution >= 4 is 17.0 Å². The molecule has 0 bridgehead atoms. The lowest BCUT2D eigenvalue weighted by atomic mass is 10.1. The van der Waals surface area contributed by atoms with Gasteiger partial charge in [-0.2, -0.15) is 0 Å². The van der Waals surface area contributed by atoms with Crippen LogP contribution in [0.3, 0.4) is 0 Å². The molecule has 0 atom stereocenters. The summed E-state index contributed by atoms with van der Waals surface area (Å²) < 4.78 is 0. The molecular formula is C15H17N. The lowest BCUT2D eigenvalue weighted by molar-refractivity contribution is 0.665. The maximum absolute atomic E-state index is 4.31. The van der Waals surface area contributed by atoms with Gasteiger partial charge < -0.3 is 0 Å². The standard InChI is InChI=1S/C15H17N/c1-12(2)5-3-6-13-8-9-15-14(11-13)7-4-10-16-15/h3-4,6-12H,5H2,1-2H3/b6-3+. The van der Waals surface area contributed by atoms with Crippen LogP contribution in [0.5, 0.6) is 0 Å². The highest BCUT2D eigenvalue weighted by atomic mass is 14.6. The number of hydrogen-bond acceptors (Lipinski definition) is 1. The molecule has 1 heterocycles. The number of allylic oxidation sites excluding steroid dienone is 1. The van der Waals surface area contributed by atoms with Crippen molar-refractivity contribution in [3.8, 4) is 0 Å². The van der Waals surface area contributed by atoms with Crippen LogP contribution in [0.15, 0.2) is 42.6 Å². The van der Waals surface area contributed by atoms with Gasteiger partial charge in [0.2, 0.25) is 0 Å². The summed E-state index contributed by atoms with van der Waals surface area (Å²) in [5.41, 5.74) is 2.31. The first-order valence-electron chi connectivity index (χ1n) is 5.77. The Morgan fingerprint density at radius 2 is 2.12 bits per heavy atom. The van der Waals surface area contributed by atoms with Crippen molar-refractivity contribution in [2.24, 2.45) is 5.92 Å². The molecule has 82 valence electrons. The van der Waals surface area contributed by atoms with Gasteiger partial charge in [0.1, 0.15) is 0 Å². The minimum Gasteiger partial charge on any atom is -0.256 e. The third kappa shape index (κ3) is 2.69. The van der Waals surface area contributed by atoms with Gasteiger partial charge >= 0.3 is 0 Å². The van der Waals surface area contributed by atoms with E-state index < -0.39 is 0 Å². The van der Waals surface area contributed by atoms with E-state index in [0.717, 1.165) is 17.9 Å². The summed E-state index contributed by atoms with van der Waals surface area (Å²) in [4.78, 5) is 4.31. The van der Waals surface area contributed by atoms with Gasteiger partial charge in [0.25, 0.3) is 0 Å². The van der Waals surface area contributed by atoms with E-state index >= 15 is 0 Å². The van der Waals surface area contributed by atoms with Crippen LogP contribution in [-0.4, -0.2) is 4.98 Å². The fourth-order valence-electron chi connectivity index (χ4n) is 1.67. The van der Waals surface area contributed by atoms with Crippen molar-refractivity contribution in [1.82, 2.24) is 4.98 Å². The highest BCUT2D eigenvalue weighted by molar-refractivity contribution is 5.80. The van der Waals surface area contributed by atoms with Gasteiger partial charge in [-0.1, -0.05) is 38.1 Å². The average molecular weight is 211 g/mol. The number of benzene rings is 1. The highest BCUT2D eigenvalue weighted by Gasteiger charge is 1.94. The summed E-state index contributed by atoms with van der Waals surface area (Å²) in [5, 5.41) is 1.20. The molecule has 0 saturated carbocycles. The predicted molar refractivity (Wildman–Crippen MR) is 70.2 cm³/mol. The number of hydrogen-bond donors (Lipinski definition) is 0. The number of nitrogens with zero attached hydrogens (tertiary/aromatic N) is 1. The molecule has 0 N–H and O–H groups in total. The molecular weight excluding hydrogens is 194 g/mol. The third-order valence-electron chi connectivity index (χ3n) is 2.54. The van der Waals surface area contributed by atoms with Crippen LogP contribution in [0.1, 0.15) is 25.8 Å². The first kappa shape index (κ1) is 10.9. The van der Waals surface area contributed by atoms with Gasteiger partial charge in [-0.25, -0.2) is 0 Å². The molecule has 1 heteroatoms. The predicted octanol–water partition coefficient (Wildman–Crippen LogP) is 4.29. The second-order valence-corrected chi connectivity index (χ2v) is 4.49. The molecule has 0 aliphatic heterocycles. The van der Waals surface area contributed by atoms with Crippen LogP contribution in [0.2, 0.25) is 0 Å². The van der Waals surface area contributed by atoms with E-state index in [0.29, 0.717) is 0 Å². The SMILES string of the molecule is CC(C)C/C=C/c1ccc2ncccc2c1. The Bertz CT molecular complexity index is 498. The molecule has 0 fully saturated rings. The number of fused-ring (bicyclic) bond motifs is 1. The number of aromatic nitrogens is 1. The largest absolute Gasteiger partial charge is 0.256 e. The van der Waals surface area contributed by atoms with E-state index in [4.69, 9.17) is 0 Å². The van der Waals surface area contributed by atoms with Gasteiger partial charge in [-0.15, -0.1) is 0 Å². The van der Waals surface area contributed by atoms with E-state index in [1.165, 1.54) is 10.9 Å². The summed E-state index contributed by atoms with van der Waals surface area (Å²) in [5.74, 6) is 0.721. The van der Waals surface area contributed by atoms with E-state index in [2.05, 4.69) is 55.2 Å². The fourth-order valence-corrected chi connectivity index (χ4v) is 1.67. The lowest BCUT2D eigenvalue weighted by Crippen LogP contribution is -1.82. The Labute approximate surface area is 96.8 Å². The van der Waals surface area contributed by atoms with Crippen LogP contribution in [0.25, 0.3) is 17.0 Å². The van der Waals surface area contributed by atoms with E-state index in [1.807, 2.05) is 12.3 Å². The van der Waals surface area contributed by atoms with Crippen molar-refractivity contribution in [3.63, 3.8) is 0 Å². The van der Waals surface area contributed by atoms with Gasteiger partial charge in [0, 0.05) is 11.6 Å². The van der Waals surface area contributed by atoms with Crippen LogP contribution in [0.4, 0.5) is 0 Å². The summed E-state index contributed by atoms with van der Waals surface area (Å²) >= 11 is 0. The zero-order valence-electron chi connectivity index (χ0n) is 9.85. The molecule has 1 aromatic heterocycles. The molecule has 0 amide bonds. The van der Waals surface area contributed by atoms with Crippen LogP contribution < -0.4 is 0 Å². The molecule has 0 spiro atoms. The molecule has 1 aromatic carbocycles. The Morgan fingerprint density at radius 3 is 2.94 bits per heavy atom. The van der Waals surface area contributed by atoms with E-state index in [-0.39, 0.29) is 0 Å². The summed E-state index contributed by atoms with van der Waals surface area (Å²) in [6, 6.07) is 10.4. The minimum atomic E-state index is 0.721. The molecule has 0 aliphatic rings. The Balaban J connectivity index is 2.22. The molecule has 0 saturated heterocycles. The molecule has 0 unspecified atom stereocenters. The molecule has 1 nitrogen and oxygen atoms in total. The maximum Gasteiger partial charge on any atom is 0.0702 e. The minimum absolute atomic E-state index is 0.721. The Morgan fingerprint density at radius 1 is 1.25 bits per heavy atom. The number of pyridine rings is 1. The van der Waals surface area contributed by atoms with Crippen LogP contribution >= 0.6 is 0 Å².